The third-order valence-corrected chi connectivity index (χ3v) is 2.02. The van der Waals surface area contributed by atoms with Crippen LogP contribution in [0.1, 0.15) is 5.56 Å². The Morgan fingerprint density at radius 1 is 1.43 bits per heavy atom. The van der Waals surface area contributed by atoms with Gasteiger partial charge in [-0.2, -0.15) is 4.91 Å². The van der Waals surface area contributed by atoms with Gasteiger partial charge in [-0.25, -0.2) is 4.99 Å². The fourth-order valence-corrected chi connectivity index (χ4v) is 1.33. The summed E-state index contributed by atoms with van der Waals surface area (Å²) in [4.78, 5) is 14.3. The van der Waals surface area contributed by atoms with Crippen LogP contribution in [-0.4, -0.2) is 25.1 Å². The maximum absolute atomic E-state index is 10.0. The van der Waals surface area contributed by atoms with Crippen LogP contribution < -0.4 is 0 Å². The molecule has 0 saturated carbocycles. The molecular weight excluding hydrogens is 180 g/mol. The van der Waals surface area contributed by atoms with Crippen LogP contribution in [0.4, 0.5) is 0 Å². The van der Waals surface area contributed by atoms with Gasteiger partial charge < -0.3 is 4.74 Å². The topological polar surface area (TPSA) is 51.0 Å². The van der Waals surface area contributed by atoms with Crippen molar-refractivity contribution in [2.45, 2.75) is 6.04 Å². The predicted molar refractivity (Wildman–Crippen MR) is 53.4 cm³/mol. The van der Waals surface area contributed by atoms with E-state index >= 15 is 0 Å². The van der Waals surface area contributed by atoms with Gasteiger partial charge in [0.2, 0.25) is 5.90 Å². The molecule has 0 saturated heterocycles. The normalized spacial score (nSPS) is 20.0. The molecule has 1 atom stereocenters. The maximum Gasteiger partial charge on any atom is 0.216 e. The van der Waals surface area contributed by atoms with Crippen molar-refractivity contribution in [3.05, 3.63) is 40.8 Å². The number of hydrogen-bond donors (Lipinski definition) is 0. The second kappa shape index (κ2) is 4.00. The molecule has 4 heteroatoms. The third kappa shape index (κ3) is 1.79. The Hall–Kier alpha value is -1.71. The quantitative estimate of drug-likeness (QED) is 0.680. The van der Waals surface area contributed by atoms with E-state index in [0.717, 1.165) is 5.56 Å². The molecular formula is C10H10N2O2. The average Bonchev–Trinajstić information content (AvgIpc) is 2.68. The first kappa shape index (κ1) is 8.87. The molecule has 1 aromatic carbocycles. The van der Waals surface area contributed by atoms with E-state index < -0.39 is 0 Å². The molecule has 0 N–H and O–H groups in total. The summed E-state index contributed by atoms with van der Waals surface area (Å²) in [6.07, 6.45) is 0. The second-order valence-corrected chi connectivity index (χ2v) is 3.08. The smallest absolute Gasteiger partial charge is 0.216 e. The Kier molecular flexibility index (Phi) is 2.53. The van der Waals surface area contributed by atoms with Crippen LogP contribution in [0.15, 0.2) is 40.5 Å². The molecule has 0 bridgehead atoms. The molecule has 0 spiro atoms. The van der Waals surface area contributed by atoms with Crippen molar-refractivity contribution in [2.24, 2.45) is 10.2 Å². The number of nitroso groups, excluding NO2 is 1. The van der Waals surface area contributed by atoms with Crippen LogP contribution in [0.25, 0.3) is 0 Å². The van der Waals surface area contributed by atoms with Crippen LogP contribution >= 0.6 is 0 Å². The van der Waals surface area contributed by atoms with Crippen molar-refractivity contribution in [3.63, 3.8) is 0 Å². The van der Waals surface area contributed by atoms with Gasteiger partial charge in [0.15, 0.2) is 0 Å². The Labute approximate surface area is 81.6 Å². The van der Waals surface area contributed by atoms with Crippen molar-refractivity contribution < 1.29 is 4.74 Å². The summed E-state index contributed by atoms with van der Waals surface area (Å²) in [5, 5.41) is 2.81. The molecule has 1 aliphatic rings. The number of rotatable bonds is 3. The number of aliphatic imine (C=N–C) groups is 1. The van der Waals surface area contributed by atoms with E-state index in [0.29, 0.717) is 12.5 Å². The van der Waals surface area contributed by atoms with E-state index in [2.05, 4.69) is 10.2 Å². The Balaban J connectivity index is 2.14. The fourth-order valence-electron chi connectivity index (χ4n) is 1.33. The van der Waals surface area contributed by atoms with Gasteiger partial charge in [-0.3, -0.25) is 0 Å². The summed E-state index contributed by atoms with van der Waals surface area (Å²) in [7, 11) is 0. The van der Waals surface area contributed by atoms with Gasteiger partial charge >= 0.3 is 0 Å². The van der Waals surface area contributed by atoms with Crippen LogP contribution in [0.2, 0.25) is 0 Å². The molecule has 0 aromatic heterocycles. The summed E-state index contributed by atoms with van der Waals surface area (Å²) in [6.45, 7) is 0.645. The number of nitrogens with zero attached hydrogens (tertiary/aromatic N) is 2. The van der Waals surface area contributed by atoms with Crippen LogP contribution in [0.3, 0.4) is 0 Å². The molecule has 0 aliphatic carbocycles. The van der Waals surface area contributed by atoms with Crippen molar-refractivity contribution in [3.8, 4) is 0 Å². The Bertz CT molecular complexity index is 348. The number of benzene rings is 1. The standard InChI is InChI=1S/C10H10N2O2/c13-11-6-9-7-14-10(12-9)8-4-2-1-3-5-8/h1-5,9H,6-7H2. The zero-order valence-corrected chi connectivity index (χ0v) is 7.59. The van der Waals surface area contributed by atoms with E-state index in [4.69, 9.17) is 4.74 Å². The van der Waals surface area contributed by atoms with Crippen molar-refractivity contribution in [2.75, 3.05) is 13.2 Å². The van der Waals surface area contributed by atoms with E-state index in [1.165, 1.54) is 0 Å². The highest BCUT2D eigenvalue weighted by Gasteiger charge is 2.19. The molecule has 4 nitrogen and oxygen atoms in total. The SMILES string of the molecule is O=NCC1COC(c2ccccc2)=N1. The van der Waals surface area contributed by atoms with Crippen LogP contribution in [0.5, 0.6) is 0 Å². The second-order valence-electron chi connectivity index (χ2n) is 3.08. The largest absolute Gasteiger partial charge is 0.475 e. The van der Waals surface area contributed by atoms with E-state index in [1.54, 1.807) is 0 Å². The molecule has 1 unspecified atom stereocenters. The summed E-state index contributed by atoms with van der Waals surface area (Å²) in [5.74, 6) is 0.610. The highest BCUT2D eigenvalue weighted by Crippen LogP contribution is 2.11. The van der Waals surface area contributed by atoms with Crippen LogP contribution in [0, 0.1) is 4.91 Å². The molecule has 2 rings (SSSR count). The summed E-state index contributed by atoms with van der Waals surface area (Å²) >= 11 is 0. The van der Waals surface area contributed by atoms with Gasteiger partial charge in [-0.1, -0.05) is 23.4 Å². The van der Waals surface area contributed by atoms with Crippen molar-refractivity contribution in [1.82, 2.24) is 0 Å². The molecule has 72 valence electrons. The van der Waals surface area contributed by atoms with E-state index in [1.807, 2.05) is 30.3 Å². The zero-order valence-electron chi connectivity index (χ0n) is 7.59. The van der Waals surface area contributed by atoms with Gasteiger partial charge in [0.05, 0.1) is 0 Å². The van der Waals surface area contributed by atoms with Crippen LogP contribution in [-0.2, 0) is 4.74 Å². The first-order valence-electron chi connectivity index (χ1n) is 4.45. The molecule has 0 radical (unpaired) electrons. The lowest BCUT2D eigenvalue weighted by atomic mass is 10.2. The minimum absolute atomic E-state index is 0.109. The highest BCUT2D eigenvalue weighted by atomic mass is 16.5. The van der Waals surface area contributed by atoms with E-state index in [-0.39, 0.29) is 12.6 Å². The predicted octanol–water partition coefficient (Wildman–Crippen LogP) is 1.60. The fraction of sp³-hybridized carbons (Fsp3) is 0.300. The zero-order chi connectivity index (χ0) is 9.80. The minimum Gasteiger partial charge on any atom is -0.475 e. The van der Waals surface area contributed by atoms with Gasteiger partial charge in [-0.15, -0.1) is 0 Å². The van der Waals surface area contributed by atoms with Crippen molar-refractivity contribution in [1.29, 1.82) is 0 Å². The number of ether oxygens (including phenoxy) is 1. The summed E-state index contributed by atoms with van der Waals surface area (Å²) in [5.41, 5.74) is 0.945. The van der Waals surface area contributed by atoms with Gasteiger partial charge in [0.25, 0.3) is 0 Å². The first-order valence-corrected chi connectivity index (χ1v) is 4.45. The first-order chi connectivity index (χ1) is 6.90. The van der Waals surface area contributed by atoms with Gasteiger partial charge in [-0.05, 0) is 12.1 Å². The van der Waals surface area contributed by atoms with Crippen molar-refractivity contribution >= 4 is 5.90 Å². The Morgan fingerprint density at radius 2 is 2.21 bits per heavy atom. The van der Waals surface area contributed by atoms with Gasteiger partial charge in [0, 0.05) is 5.56 Å². The lowest BCUT2D eigenvalue weighted by Crippen LogP contribution is -2.09. The summed E-state index contributed by atoms with van der Waals surface area (Å²) < 4.78 is 5.36. The van der Waals surface area contributed by atoms with Gasteiger partial charge in [0.1, 0.15) is 19.2 Å². The summed E-state index contributed by atoms with van der Waals surface area (Å²) in [6, 6.07) is 9.52. The lowest BCUT2D eigenvalue weighted by molar-refractivity contribution is 0.319. The monoisotopic (exact) mass is 190 g/mol. The molecule has 1 aromatic rings. The Morgan fingerprint density at radius 3 is 2.93 bits per heavy atom. The molecule has 14 heavy (non-hydrogen) atoms. The van der Waals surface area contributed by atoms with E-state index in [9.17, 15) is 4.91 Å². The maximum atomic E-state index is 10.0. The molecule has 1 aliphatic heterocycles. The third-order valence-electron chi connectivity index (χ3n) is 2.02. The lowest BCUT2D eigenvalue weighted by Gasteiger charge is -1.99. The minimum atomic E-state index is -0.109. The average molecular weight is 190 g/mol. The molecule has 1 heterocycles. The molecule has 0 fully saturated rings. The molecule has 0 amide bonds. The number of hydrogen-bond acceptors (Lipinski definition) is 4. The highest BCUT2D eigenvalue weighted by molar-refractivity contribution is 5.95.